The number of halogens is 4. The standard InChI is InChI=1S/C18H21FN4O2.C2HF3O2/c19-14-7-15(8-20)23(11-14)18(25)16(21)5-6-17(24)22-9-12-3-1-2-4-13(12)10-22;3-2(4,5)1(6)7/h1-4,14-16H,5-7,9-11,21H2;(H,6,7)/t14-,15-,16-;/m0./s1. The summed E-state index contributed by atoms with van der Waals surface area (Å²) in [5, 5.41) is 16.1. The first-order valence-corrected chi connectivity index (χ1v) is 9.68. The van der Waals surface area contributed by atoms with Gasteiger partial charge in [-0.1, -0.05) is 24.3 Å². The molecule has 0 spiro atoms. The van der Waals surface area contributed by atoms with Crippen molar-refractivity contribution in [2.75, 3.05) is 6.54 Å². The largest absolute Gasteiger partial charge is 0.490 e. The molecule has 0 aromatic heterocycles. The Kier molecular flexibility index (Phi) is 8.15. The number of carboxylic acid groups (broad SMARTS) is 1. The molecule has 2 heterocycles. The van der Waals surface area contributed by atoms with Gasteiger partial charge in [0.25, 0.3) is 0 Å². The highest BCUT2D eigenvalue weighted by Crippen LogP contribution is 2.24. The van der Waals surface area contributed by atoms with Gasteiger partial charge in [0.2, 0.25) is 11.8 Å². The number of nitrogens with zero attached hydrogens (tertiary/aromatic N) is 3. The van der Waals surface area contributed by atoms with Gasteiger partial charge in [0.1, 0.15) is 12.2 Å². The maximum Gasteiger partial charge on any atom is 0.490 e. The maximum atomic E-state index is 13.4. The molecule has 3 N–H and O–H groups in total. The quantitative estimate of drug-likeness (QED) is 0.662. The Bertz CT molecular complexity index is 877. The van der Waals surface area contributed by atoms with Crippen LogP contribution in [-0.2, 0) is 27.5 Å². The normalized spacial score (nSPS) is 20.6. The van der Waals surface area contributed by atoms with Crippen molar-refractivity contribution in [1.82, 2.24) is 9.80 Å². The molecule has 2 aliphatic rings. The lowest BCUT2D eigenvalue weighted by Crippen LogP contribution is -2.46. The number of carbonyl (C=O) groups excluding carboxylic acids is 2. The zero-order valence-corrected chi connectivity index (χ0v) is 16.9. The molecule has 0 radical (unpaired) electrons. The summed E-state index contributed by atoms with van der Waals surface area (Å²) in [6.45, 7) is 1.05. The molecule has 1 saturated heterocycles. The zero-order chi connectivity index (χ0) is 24.1. The van der Waals surface area contributed by atoms with E-state index < -0.39 is 36.3 Å². The van der Waals surface area contributed by atoms with E-state index in [1.165, 1.54) is 4.90 Å². The van der Waals surface area contributed by atoms with Gasteiger partial charge in [0, 0.05) is 25.9 Å². The number of aliphatic carboxylic acids is 1. The van der Waals surface area contributed by atoms with Crippen molar-refractivity contribution in [3.8, 4) is 6.07 Å². The average Bonchev–Trinajstić information content (AvgIpc) is 3.34. The molecule has 3 rings (SSSR count). The lowest BCUT2D eigenvalue weighted by molar-refractivity contribution is -0.192. The molecule has 2 amide bonds. The summed E-state index contributed by atoms with van der Waals surface area (Å²) in [5.74, 6) is -3.27. The van der Waals surface area contributed by atoms with Crippen LogP contribution in [0.2, 0.25) is 0 Å². The van der Waals surface area contributed by atoms with E-state index in [0.29, 0.717) is 13.1 Å². The second-order valence-electron chi connectivity index (χ2n) is 7.44. The number of nitrogens with two attached hydrogens (primary N) is 1. The van der Waals surface area contributed by atoms with Crippen molar-refractivity contribution in [3.05, 3.63) is 35.4 Å². The molecule has 0 bridgehead atoms. The summed E-state index contributed by atoms with van der Waals surface area (Å²) in [5.41, 5.74) is 8.17. The summed E-state index contributed by atoms with van der Waals surface area (Å²) < 4.78 is 45.2. The van der Waals surface area contributed by atoms with Crippen molar-refractivity contribution in [2.45, 2.75) is 56.8 Å². The summed E-state index contributed by atoms with van der Waals surface area (Å²) >= 11 is 0. The summed E-state index contributed by atoms with van der Waals surface area (Å²) in [7, 11) is 0. The molecule has 0 unspecified atom stereocenters. The first-order chi connectivity index (χ1) is 14.9. The van der Waals surface area contributed by atoms with Crippen LogP contribution in [0.1, 0.15) is 30.4 Å². The summed E-state index contributed by atoms with van der Waals surface area (Å²) in [6.07, 6.45) is -5.90. The molecule has 1 aromatic rings. The third-order valence-corrected chi connectivity index (χ3v) is 5.10. The predicted molar refractivity (Wildman–Crippen MR) is 102 cm³/mol. The van der Waals surface area contributed by atoms with Crippen LogP contribution < -0.4 is 5.73 Å². The van der Waals surface area contributed by atoms with Gasteiger partial charge in [0.15, 0.2) is 0 Å². The molecule has 12 heteroatoms. The van der Waals surface area contributed by atoms with Gasteiger partial charge < -0.3 is 20.6 Å². The molecular formula is C20H22F4N4O4. The number of fused-ring (bicyclic) bond motifs is 1. The fourth-order valence-electron chi connectivity index (χ4n) is 3.43. The second-order valence-corrected chi connectivity index (χ2v) is 7.44. The predicted octanol–water partition coefficient (Wildman–Crippen LogP) is 1.73. The molecule has 1 fully saturated rings. The topological polar surface area (TPSA) is 128 Å². The van der Waals surface area contributed by atoms with E-state index in [1.807, 2.05) is 30.3 Å². The number of rotatable bonds is 4. The van der Waals surface area contributed by atoms with Crippen molar-refractivity contribution >= 4 is 17.8 Å². The number of nitriles is 1. The lowest BCUT2D eigenvalue weighted by Gasteiger charge is -2.23. The van der Waals surface area contributed by atoms with E-state index in [2.05, 4.69) is 0 Å². The van der Waals surface area contributed by atoms with Crippen molar-refractivity contribution < 1.29 is 37.1 Å². The molecule has 3 atom stereocenters. The fourth-order valence-corrected chi connectivity index (χ4v) is 3.43. The van der Waals surface area contributed by atoms with Crippen LogP contribution in [0.15, 0.2) is 24.3 Å². The van der Waals surface area contributed by atoms with E-state index in [9.17, 15) is 27.2 Å². The molecule has 0 aliphatic carbocycles. The van der Waals surface area contributed by atoms with Crippen LogP contribution in [-0.4, -0.2) is 63.7 Å². The number of likely N-dealkylation sites (tertiary alicyclic amines) is 1. The molecule has 0 saturated carbocycles. The number of carbonyl (C=O) groups is 3. The number of hydrogen-bond donors (Lipinski definition) is 2. The fraction of sp³-hybridized carbons (Fsp3) is 0.500. The van der Waals surface area contributed by atoms with Gasteiger partial charge in [-0.25, -0.2) is 9.18 Å². The number of alkyl halides is 4. The second kappa shape index (κ2) is 10.4. The highest BCUT2D eigenvalue weighted by Gasteiger charge is 2.38. The summed E-state index contributed by atoms with van der Waals surface area (Å²) in [6, 6.07) is 8.17. The van der Waals surface area contributed by atoms with Crippen LogP contribution in [0.3, 0.4) is 0 Å². The van der Waals surface area contributed by atoms with Gasteiger partial charge in [-0.15, -0.1) is 0 Å². The summed E-state index contributed by atoms with van der Waals surface area (Å²) in [4.78, 5) is 36.5. The van der Waals surface area contributed by atoms with Gasteiger partial charge in [-0.3, -0.25) is 9.59 Å². The first-order valence-electron chi connectivity index (χ1n) is 9.68. The van der Waals surface area contributed by atoms with E-state index in [-0.39, 0.29) is 31.7 Å². The minimum Gasteiger partial charge on any atom is -0.475 e. The highest BCUT2D eigenvalue weighted by molar-refractivity contribution is 5.84. The van der Waals surface area contributed by atoms with Crippen molar-refractivity contribution in [3.63, 3.8) is 0 Å². The third kappa shape index (κ3) is 6.40. The Morgan fingerprint density at radius 3 is 2.22 bits per heavy atom. The molecular weight excluding hydrogens is 436 g/mol. The number of amides is 2. The minimum atomic E-state index is -5.08. The first kappa shape index (κ1) is 25.1. The van der Waals surface area contributed by atoms with E-state index >= 15 is 0 Å². The zero-order valence-electron chi connectivity index (χ0n) is 16.9. The van der Waals surface area contributed by atoms with Crippen LogP contribution in [0.5, 0.6) is 0 Å². The van der Waals surface area contributed by atoms with E-state index in [4.69, 9.17) is 20.9 Å². The average molecular weight is 458 g/mol. The Morgan fingerprint density at radius 1 is 1.22 bits per heavy atom. The monoisotopic (exact) mass is 458 g/mol. The molecule has 32 heavy (non-hydrogen) atoms. The molecule has 2 aliphatic heterocycles. The van der Waals surface area contributed by atoms with E-state index in [0.717, 1.165) is 11.1 Å². The third-order valence-electron chi connectivity index (χ3n) is 5.10. The van der Waals surface area contributed by atoms with E-state index in [1.54, 1.807) is 4.90 Å². The van der Waals surface area contributed by atoms with Gasteiger partial charge >= 0.3 is 12.1 Å². The maximum absolute atomic E-state index is 13.4. The molecule has 8 nitrogen and oxygen atoms in total. The Hall–Kier alpha value is -3.20. The highest BCUT2D eigenvalue weighted by atomic mass is 19.4. The van der Waals surface area contributed by atoms with Crippen molar-refractivity contribution in [1.29, 1.82) is 5.26 Å². The van der Waals surface area contributed by atoms with Gasteiger partial charge in [0.05, 0.1) is 18.7 Å². The Labute approximate surface area is 181 Å². The minimum absolute atomic E-state index is 0.0277. The smallest absolute Gasteiger partial charge is 0.475 e. The Balaban J connectivity index is 0.000000451. The SMILES string of the molecule is N#C[C@@H]1C[C@H](F)CN1C(=O)[C@@H](N)CCC(=O)N1Cc2ccccc2C1.O=C(O)C(F)(F)F. The van der Waals surface area contributed by atoms with Crippen LogP contribution in [0.4, 0.5) is 17.6 Å². The number of hydrogen-bond acceptors (Lipinski definition) is 5. The van der Waals surface area contributed by atoms with Crippen LogP contribution >= 0.6 is 0 Å². The van der Waals surface area contributed by atoms with Crippen LogP contribution in [0, 0.1) is 11.3 Å². The number of benzene rings is 1. The van der Waals surface area contributed by atoms with Crippen molar-refractivity contribution in [2.24, 2.45) is 5.73 Å². The van der Waals surface area contributed by atoms with Crippen LogP contribution in [0.25, 0.3) is 0 Å². The van der Waals surface area contributed by atoms with Gasteiger partial charge in [-0.05, 0) is 17.5 Å². The molecule has 174 valence electrons. The lowest BCUT2D eigenvalue weighted by atomic mass is 10.1. The van der Waals surface area contributed by atoms with Gasteiger partial charge in [-0.2, -0.15) is 18.4 Å². The Morgan fingerprint density at radius 2 is 1.75 bits per heavy atom. The number of carboxylic acids is 1. The molecule has 1 aromatic carbocycles.